The Bertz CT molecular complexity index is 1160. The highest BCUT2D eigenvalue weighted by molar-refractivity contribution is 5.57. The van der Waals surface area contributed by atoms with Crippen LogP contribution in [0.1, 0.15) is 74.6 Å². The average Bonchev–Trinajstić information content (AvgIpc) is 3.26. The summed E-state index contributed by atoms with van der Waals surface area (Å²) in [6.45, 7) is 0. The van der Waals surface area contributed by atoms with E-state index < -0.39 is 11.9 Å². The molecule has 0 spiro atoms. The summed E-state index contributed by atoms with van der Waals surface area (Å²) in [5, 5.41) is 12.7. The second kappa shape index (κ2) is 5.86. The van der Waals surface area contributed by atoms with Crippen LogP contribution in [0.15, 0.2) is 16.5 Å². The number of fused-ring (bicyclic) bond motifs is 1. The van der Waals surface area contributed by atoms with Crippen LogP contribution < -0.4 is 0 Å². The van der Waals surface area contributed by atoms with Crippen molar-refractivity contribution in [3.8, 4) is 11.6 Å². The molecular formula is C22H22F3N5O. The van der Waals surface area contributed by atoms with Gasteiger partial charge in [-0.2, -0.15) is 18.3 Å². The zero-order valence-corrected chi connectivity index (χ0v) is 16.9. The number of aromatic nitrogens is 5. The minimum Gasteiger partial charge on any atom is -0.419 e. The third-order valence-electron chi connectivity index (χ3n) is 7.87. The van der Waals surface area contributed by atoms with Crippen LogP contribution in [0.4, 0.5) is 13.2 Å². The van der Waals surface area contributed by atoms with Gasteiger partial charge in [-0.15, -0.1) is 10.2 Å². The van der Waals surface area contributed by atoms with E-state index in [9.17, 15) is 13.2 Å². The normalized spacial score (nSPS) is 32.3. The summed E-state index contributed by atoms with van der Waals surface area (Å²) in [6, 6.07) is 2.65. The van der Waals surface area contributed by atoms with E-state index in [1.165, 1.54) is 25.3 Å². The summed E-state index contributed by atoms with van der Waals surface area (Å²) in [4.78, 5) is 4.43. The van der Waals surface area contributed by atoms with Crippen LogP contribution >= 0.6 is 0 Å². The summed E-state index contributed by atoms with van der Waals surface area (Å²) in [6.07, 6.45) is 4.39. The molecule has 8 rings (SSSR count). The Kier molecular flexibility index (Phi) is 3.43. The standard InChI is InChI=1S/C22H22F3N5O/c23-22(24,25)17-6-15(14-1-2-14)26-18-7-16(29-30(17)18)19-27-28-20(31-19)21-8-11-3-12(9-21)5-13(4-11)10-21/h6-7,11-14H,1-5,8-10H2. The first-order valence-corrected chi connectivity index (χ1v) is 11.2. The molecule has 0 unspecified atom stereocenters. The highest BCUT2D eigenvalue weighted by Crippen LogP contribution is 2.60. The molecule has 3 aromatic heterocycles. The Hall–Kier alpha value is -2.45. The van der Waals surface area contributed by atoms with Gasteiger partial charge in [-0.3, -0.25) is 0 Å². The van der Waals surface area contributed by atoms with Gasteiger partial charge in [0, 0.05) is 23.1 Å². The summed E-state index contributed by atoms with van der Waals surface area (Å²) in [7, 11) is 0. The molecule has 5 saturated carbocycles. The maximum atomic E-state index is 13.7. The minimum absolute atomic E-state index is 0.0618. The molecule has 4 bridgehead atoms. The van der Waals surface area contributed by atoms with Crippen molar-refractivity contribution in [2.24, 2.45) is 17.8 Å². The summed E-state index contributed by atoms with van der Waals surface area (Å²) >= 11 is 0. The molecule has 0 atom stereocenters. The van der Waals surface area contributed by atoms with E-state index in [4.69, 9.17) is 4.42 Å². The molecule has 5 aliphatic rings. The van der Waals surface area contributed by atoms with Crippen molar-refractivity contribution < 1.29 is 17.6 Å². The van der Waals surface area contributed by atoms with E-state index in [2.05, 4.69) is 20.3 Å². The van der Waals surface area contributed by atoms with Crippen LogP contribution in [0.5, 0.6) is 0 Å². The van der Waals surface area contributed by atoms with Crippen LogP contribution in [-0.4, -0.2) is 24.8 Å². The summed E-state index contributed by atoms with van der Waals surface area (Å²) in [5.74, 6) is 3.12. The first kappa shape index (κ1) is 18.2. The molecule has 6 nitrogen and oxygen atoms in total. The maximum absolute atomic E-state index is 13.7. The fourth-order valence-electron chi connectivity index (χ4n) is 6.80. The molecule has 3 aromatic rings. The number of rotatable bonds is 3. The van der Waals surface area contributed by atoms with Crippen molar-refractivity contribution in [3.63, 3.8) is 0 Å². The van der Waals surface area contributed by atoms with E-state index in [1.54, 1.807) is 0 Å². The molecule has 0 aromatic carbocycles. The average molecular weight is 429 g/mol. The molecule has 0 radical (unpaired) electrons. The lowest BCUT2D eigenvalue weighted by molar-refractivity contribution is -0.142. The molecule has 31 heavy (non-hydrogen) atoms. The summed E-state index contributed by atoms with van der Waals surface area (Å²) in [5.41, 5.74) is 0.0152. The second-order valence-electron chi connectivity index (χ2n) is 10.2. The molecule has 3 heterocycles. The molecular weight excluding hydrogens is 407 g/mol. The number of hydrogen-bond donors (Lipinski definition) is 0. The smallest absolute Gasteiger partial charge is 0.419 e. The Morgan fingerprint density at radius 1 is 0.968 bits per heavy atom. The van der Waals surface area contributed by atoms with Gasteiger partial charge >= 0.3 is 6.18 Å². The zero-order valence-electron chi connectivity index (χ0n) is 16.9. The minimum atomic E-state index is -4.52. The van der Waals surface area contributed by atoms with Gasteiger partial charge < -0.3 is 4.42 Å². The van der Waals surface area contributed by atoms with E-state index in [0.29, 0.717) is 11.6 Å². The monoisotopic (exact) mass is 429 g/mol. The Balaban J connectivity index is 1.29. The topological polar surface area (TPSA) is 69.1 Å². The molecule has 0 aliphatic heterocycles. The lowest BCUT2D eigenvalue weighted by atomic mass is 9.49. The van der Waals surface area contributed by atoms with Crippen molar-refractivity contribution in [2.45, 2.75) is 68.9 Å². The van der Waals surface area contributed by atoms with Crippen molar-refractivity contribution in [3.05, 3.63) is 29.4 Å². The predicted molar refractivity (Wildman–Crippen MR) is 103 cm³/mol. The van der Waals surface area contributed by atoms with Crippen LogP contribution in [0.2, 0.25) is 0 Å². The van der Waals surface area contributed by atoms with Gasteiger partial charge in [-0.25, -0.2) is 9.50 Å². The fourth-order valence-corrected chi connectivity index (χ4v) is 6.80. The van der Waals surface area contributed by atoms with Crippen LogP contribution in [0.25, 0.3) is 17.2 Å². The van der Waals surface area contributed by atoms with Crippen LogP contribution in [0, 0.1) is 17.8 Å². The summed E-state index contributed by atoms with van der Waals surface area (Å²) < 4.78 is 48.0. The van der Waals surface area contributed by atoms with Crippen molar-refractivity contribution in [1.29, 1.82) is 0 Å². The van der Waals surface area contributed by atoms with Crippen molar-refractivity contribution in [2.75, 3.05) is 0 Å². The quantitative estimate of drug-likeness (QED) is 0.576. The Labute approximate surface area is 176 Å². The van der Waals surface area contributed by atoms with Gasteiger partial charge in [-0.05, 0) is 75.2 Å². The largest absolute Gasteiger partial charge is 0.433 e. The number of alkyl halides is 3. The molecule has 5 aliphatic carbocycles. The third-order valence-corrected chi connectivity index (χ3v) is 7.87. The van der Waals surface area contributed by atoms with Gasteiger partial charge in [0.25, 0.3) is 5.89 Å². The van der Waals surface area contributed by atoms with Gasteiger partial charge in [0.2, 0.25) is 5.89 Å². The fraction of sp³-hybridized carbons (Fsp3) is 0.636. The number of halogens is 3. The molecule has 0 amide bonds. The second-order valence-corrected chi connectivity index (χ2v) is 10.2. The van der Waals surface area contributed by atoms with Crippen molar-refractivity contribution >= 4 is 5.65 Å². The number of hydrogen-bond acceptors (Lipinski definition) is 5. The zero-order chi connectivity index (χ0) is 21.0. The molecule has 5 fully saturated rings. The Morgan fingerprint density at radius 3 is 2.26 bits per heavy atom. The lowest BCUT2D eigenvalue weighted by Crippen LogP contribution is -2.48. The molecule has 0 saturated heterocycles. The van der Waals surface area contributed by atoms with E-state index >= 15 is 0 Å². The highest BCUT2D eigenvalue weighted by atomic mass is 19.4. The number of nitrogens with zero attached hydrogens (tertiary/aromatic N) is 5. The highest BCUT2D eigenvalue weighted by Gasteiger charge is 2.54. The van der Waals surface area contributed by atoms with Gasteiger partial charge in [0.1, 0.15) is 5.69 Å². The predicted octanol–water partition coefficient (Wildman–Crippen LogP) is 5.14. The van der Waals surface area contributed by atoms with E-state index in [0.717, 1.165) is 60.4 Å². The lowest BCUT2D eigenvalue weighted by Gasteiger charge is -2.55. The third kappa shape index (κ3) is 2.77. The maximum Gasteiger partial charge on any atom is 0.433 e. The van der Waals surface area contributed by atoms with E-state index in [1.807, 2.05) is 0 Å². The van der Waals surface area contributed by atoms with Crippen molar-refractivity contribution in [1.82, 2.24) is 24.8 Å². The first-order valence-electron chi connectivity index (χ1n) is 11.2. The SMILES string of the molecule is FC(F)(F)c1cc(C2CC2)nc2cc(-c3nnc(C45CC6CC(CC(C6)C4)C5)o3)nn12. The Morgan fingerprint density at radius 2 is 1.65 bits per heavy atom. The van der Waals surface area contributed by atoms with Gasteiger partial charge in [-0.1, -0.05) is 0 Å². The van der Waals surface area contributed by atoms with Crippen LogP contribution in [0.3, 0.4) is 0 Å². The molecule has 0 N–H and O–H groups in total. The van der Waals surface area contributed by atoms with Gasteiger partial charge in [0.15, 0.2) is 11.3 Å². The molecule has 162 valence electrons. The van der Waals surface area contributed by atoms with E-state index in [-0.39, 0.29) is 28.6 Å². The first-order chi connectivity index (χ1) is 14.9. The van der Waals surface area contributed by atoms with Gasteiger partial charge in [0.05, 0.1) is 0 Å². The molecule has 9 heteroatoms. The van der Waals surface area contributed by atoms with Crippen LogP contribution in [-0.2, 0) is 11.6 Å².